The molecule has 1 aliphatic rings. The van der Waals surface area contributed by atoms with Crippen molar-refractivity contribution in [1.29, 1.82) is 0 Å². The van der Waals surface area contributed by atoms with Gasteiger partial charge in [0.2, 0.25) is 5.95 Å². The van der Waals surface area contributed by atoms with Crippen LogP contribution < -0.4 is 16.4 Å². The lowest BCUT2D eigenvalue weighted by molar-refractivity contribution is 0.102. The molecule has 0 radical (unpaired) electrons. The number of nitrogens with zero attached hydrogens (tertiary/aromatic N) is 5. The zero-order valence-electron chi connectivity index (χ0n) is 15.3. The predicted molar refractivity (Wildman–Crippen MR) is 103 cm³/mol. The van der Waals surface area contributed by atoms with Crippen LogP contribution in [-0.2, 0) is 6.54 Å². The minimum Gasteiger partial charge on any atom is -0.349 e. The van der Waals surface area contributed by atoms with Crippen LogP contribution in [0.4, 0.5) is 11.6 Å². The lowest BCUT2D eigenvalue weighted by atomic mass is 9.91. The van der Waals surface area contributed by atoms with Gasteiger partial charge in [-0.15, -0.1) is 5.10 Å². The molecule has 2 atom stereocenters. The molecule has 3 heterocycles. The van der Waals surface area contributed by atoms with Crippen molar-refractivity contribution in [3.8, 4) is 0 Å². The van der Waals surface area contributed by atoms with Crippen LogP contribution in [0, 0.1) is 0 Å². The summed E-state index contributed by atoms with van der Waals surface area (Å²) in [6.45, 7) is 2.73. The molecule has 0 saturated heterocycles. The number of amides is 1. The molecule has 1 fully saturated rings. The van der Waals surface area contributed by atoms with Crippen molar-refractivity contribution in [2.75, 3.05) is 10.6 Å². The molecule has 0 aromatic carbocycles. The molecule has 0 aliphatic heterocycles. The first kappa shape index (κ1) is 17.5. The van der Waals surface area contributed by atoms with Crippen LogP contribution in [0.2, 0.25) is 0 Å². The summed E-state index contributed by atoms with van der Waals surface area (Å²) in [5, 5.41) is 14.9. The summed E-state index contributed by atoms with van der Waals surface area (Å²) in [6.07, 6.45) is 9.44. The first-order valence-electron chi connectivity index (χ1n) is 9.35. The van der Waals surface area contributed by atoms with E-state index in [-0.39, 0.29) is 18.0 Å². The Morgan fingerprint density at radius 1 is 1.30 bits per heavy atom. The Morgan fingerprint density at radius 2 is 2.15 bits per heavy atom. The van der Waals surface area contributed by atoms with Crippen LogP contribution in [0.5, 0.6) is 0 Å². The number of rotatable bonds is 5. The van der Waals surface area contributed by atoms with Gasteiger partial charge in [-0.05, 0) is 31.9 Å². The van der Waals surface area contributed by atoms with Gasteiger partial charge in [-0.2, -0.15) is 5.10 Å². The highest BCUT2D eigenvalue weighted by Gasteiger charge is 2.22. The summed E-state index contributed by atoms with van der Waals surface area (Å²) in [4.78, 5) is 17.0. The van der Waals surface area contributed by atoms with Gasteiger partial charge in [-0.25, -0.2) is 9.50 Å². The van der Waals surface area contributed by atoms with Gasteiger partial charge in [0.05, 0.1) is 23.6 Å². The summed E-state index contributed by atoms with van der Waals surface area (Å²) in [7, 11) is 0. The monoisotopic (exact) mass is 368 g/mol. The molecule has 9 nitrogen and oxygen atoms in total. The van der Waals surface area contributed by atoms with E-state index in [0.29, 0.717) is 17.3 Å². The summed E-state index contributed by atoms with van der Waals surface area (Å²) >= 11 is 0. The topological polar surface area (TPSA) is 115 Å². The standard InChI is InChI=1S/C18H24N8O/c1-2-25-11-12(9-21-25)22-17(27)16-8-7-13-10-20-18(24-26(13)16)23-15-6-4-3-5-14(15)19/h7-11,14-15H,2-6,19H2,1H3,(H,22,27)(H,23,24)/t14-,15+/m0/s1. The van der Waals surface area contributed by atoms with Crippen molar-refractivity contribution in [2.45, 2.75) is 51.2 Å². The average molecular weight is 368 g/mol. The summed E-state index contributed by atoms with van der Waals surface area (Å²) < 4.78 is 3.35. The molecular formula is C18H24N8O. The van der Waals surface area contributed by atoms with E-state index in [2.05, 4.69) is 25.8 Å². The van der Waals surface area contributed by atoms with Crippen LogP contribution in [0.25, 0.3) is 5.52 Å². The van der Waals surface area contributed by atoms with E-state index in [1.807, 2.05) is 13.0 Å². The zero-order valence-corrected chi connectivity index (χ0v) is 15.3. The Hall–Kier alpha value is -2.94. The van der Waals surface area contributed by atoms with Crippen LogP contribution in [0.1, 0.15) is 43.1 Å². The zero-order chi connectivity index (χ0) is 18.8. The van der Waals surface area contributed by atoms with Gasteiger partial charge in [0, 0.05) is 24.8 Å². The van der Waals surface area contributed by atoms with E-state index >= 15 is 0 Å². The van der Waals surface area contributed by atoms with E-state index in [1.54, 1.807) is 33.9 Å². The molecule has 4 rings (SSSR count). The summed E-state index contributed by atoms with van der Waals surface area (Å²) in [5.74, 6) is 0.235. The molecule has 4 N–H and O–H groups in total. The van der Waals surface area contributed by atoms with Crippen LogP contribution in [-0.4, -0.2) is 42.4 Å². The van der Waals surface area contributed by atoms with Crippen LogP contribution >= 0.6 is 0 Å². The fourth-order valence-corrected chi connectivity index (χ4v) is 3.44. The third-order valence-corrected chi connectivity index (χ3v) is 4.98. The van der Waals surface area contributed by atoms with Crippen molar-refractivity contribution in [2.24, 2.45) is 5.73 Å². The van der Waals surface area contributed by atoms with E-state index < -0.39 is 0 Å². The molecule has 0 unspecified atom stereocenters. The lowest BCUT2D eigenvalue weighted by Gasteiger charge is -2.29. The molecule has 142 valence electrons. The van der Waals surface area contributed by atoms with Crippen molar-refractivity contribution in [3.63, 3.8) is 0 Å². The maximum Gasteiger partial charge on any atom is 0.274 e. The molecule has 1 amide bonds. The van der Waals surface area contributed by atoms with E-state index in [1.165, 1.54) is 0 Å². The summed E-state index contributed by atoms with van der Waals surface area (Å²) in [6, 6.07) is 3.81. The van der Waals surface area contributed by atoms with Gasteiger partial charge < -0.3 is 16.4 Å². The maximum absolute atomic E-state index is 12.7. The second-order valence-corrected chi connectivity index (χ2v) is 6.88. The Labute approximate surface area is 157 Å². The Balaban J connectivity index is 1.55. The van der Waals surface area contributed by atoms with Gasteiger partial charge in [-0.3, -0.25) is 9.48 Å². The Morgan fingerprint density at radius 3 is 2.93 bits per heavy atom. The SMILES string of the molecule is CCn1cc(NC(=O)c2ccc3cnc(N[C@@H]4CCCC[C@@H]4N)nn23)cn1. The summed E-state index contributed by atoms with van der Waals surface area (Å²) in [5.41, 5.74) is 8.04. The van der Waals surface area contributed by atoms with Crippen molar-refractivity contribution < 1.29 is 4.79 Å². The quantitative estimate of drug-likeness (QED) is 0.633. The molecule has 1 saturated carbocycles. The molecule has 0 bridgehead atoms. The van der Waals surface area contributed by atoms with E-state index in [9.17, 15) is 4.79 Å². The molecular weight excluding hydrogens is 344 g/mol. The molecule has 0 spiro atoms. The van der Waals surface area contributed by atoms with Crippen molar-refractivity contribution >= 4 is 23.1 Å². The van der Waals surface area contributed by atoms with Gasteiger partial charge in [0.25, 0.3) is 5.91 Å². The maximum atomic E-state index is 12.7. The Kier molecular flexibility index (Phi) is 4.76. The predicted octanol–water partition coefficient (Wildman–Crippen LogP) is 1.88. The molecule has 27 heavy (non-hydrogen) atoms. The number of aryl methyl sites for hydroxylation is 1. The second-order valence-electron chi connectivity index (χ2n) is 6.88. The number of hydrogen-bond donors (Lipinski definition) is 3. The van der Waals surface area contributed by atoms with Gasteiger partial charge in [0.1, 0.15) is 5.69 Å². The smallest absolute Gasteiger partial charge is 0.274 e. The van der Waals surface area contributed by atoms with Crippen LogP contribution in [0.3, 0.4) is 0 Å². The Bertz CT molecular complexity index is 946. The number of carbonyl (C=O) groups is 1. The largest absolute Gasteiger partial charge is 0.349 e. The average Bonchev–Trinajstić information content (AvgIpc) is 3.30. The number of nitrogens with two attached hydrogens (primary N) is 1. The molecule has 3 aromatic heterocycles. The molecule has 9 heteroatoms. The van der Waals surface area contributed by atoms with Gasteiger partial charge in [0.15, 0.2) is 0 Å². The highest BCUT2D eigenvalue weighted by atomic mass is 16.2. The minimum atomic E-state index is -0.246. The first-order chi connectivity index (χ1) is 13.1. The third-order valence-electron chi connectivity index (χ3n) is 4.98. The fourth-order valence-electron chi connectivity index (χ4n) is 3.44. The number of anilines is 2. The lowest BCUT2D eigenvalue weighted by Crippen LogP contribution is -2.43. The number of hydrogen-bond acceptors (Lipinski definition) is 6. The van der Waals surface area contributed by atoms with E-state index in [0.717, 1.165) is 37.7 Å². The van der Waals surface area contributed by atoms with Gasteiger partial charge >= 0.3 is 0 Å². The minimum absolute atomic E-state index is 0.0978. The normalized spacial score (nSPS) is 19.9. The van der Waals surface area contributed by atoms with Crippen molar-refractivity contribution in [1.82, 2.24) is 24.4 Å². The third kappa shape index (κ3) is 3.63. The van der Waals surface area contributed by atoms with Gasteiger partial charge in [-0.1, -0.05) is 12.8 Å². The number of nitrogens with one attached hydrogen (secondary N) is 2. The highest BCUT2D eigenvalue weighted by molar-refractivity contribution is 6.03. The number of fused-ring (bicyclic) bond motifs is 1. The number of carbonyl (C=O) groups excluding carboxylic acids is 1. The molecule has 1 aliphatic carbocycles. The fraction of sp³-hybridized carbons (Fsp3) is 0.444. The van der Waals surface area contributed by atoms with Crippen LogP contribution in [0.15, 0.2) is 30.7 Å². The number of aromatic nitrogens is 5. The molecule has 3 aromatic rings. The first-order valence-corrected chi connectivity index (χ1v) is 9.35. The second kappa shape index (κ2) is 7.36. The van der Waals surface area contributed by atoms with Crippen molar-refractivity contribution in [3.05, 3.63) is 36.4 Å². The highest BCUT2D eigenvalue weighted by Crippen LogP contribution is 2.20. The van der Waals surface area contributed by atoms with E-state index in [4.69, 9.17) is 5.73 Å².